The van der Waals surface area contributed by atoms with Crippen molar-refractivity contribution in [1.82, 2.24) is 20.4 Å². The summed E-state index contributed by atoms with van der Waals surface area (Å²) >= 11 is 0. The summed E-state index contributed by atoms with van der Waals surface area (Å²) in [6, 6.07) is 0. The smallest absolute Gasteiger partial charge is 0.383 e. The molecule has 10 heteroatoms. The Kier molecular flexibility index (Phi) is 11.1. The topological polar surface area (TPSA) is 69.2 Å². The minimum atomic E-state index is -4.10. The van der Waals surface area contributed by atoms with Gasteiger partial charge in [0, 0.05) is 59.3 Å². The molecule has 0 aromatic rings. The average Bonchev–Trinajstić information content (AvgIpc) is 2.60. The Labute approximate surface area is 159 Å². The highest BCUT2D eigenvalue weighted by molar-refractivity contribution is 5.80. The zero-order chi connectivity index (χ0) is 20.1. The number of methoxy groups -OCH3 is 1. The number of guanidine groups is 1. The van der Waals surface area contributed by atoms with Gasteiger partial charge in [0.15, 0.2) is 5.96 Å². The van der Waals surface area contributed by atoms with Crippen LogP contribution in [-0.4, -0.2) is 93.9 Å². The summed E-state index contributed by atoms with van der Waals surface area (Å²) in [6.07, 6.45) is -4.35. The number of amides is 1. The lowest BCUT2D eigenvalue weighted by molar-refractivity contribution is -0.135. The van der Waals surface area contributed by atoms with E-state index in [0.717, 1.165) is 32.1 Å². The number of alkyl halides is 3. The predicted molar refractivity (Wildman–Crippen MR) is 98.8 cm³/mol. The third-order valence-electron chi connectivity index (χ3n) is 4.13. The molecule has 1 rings (SSSR count). The number of rotatable bonds is 10. The zero-order valence-electron chi connectivity index (χ0n) is 16.3. The van der Waals surface area contributed by atoms with Crippen LogP contribution in [0.25, 0.3) is 0 Å². The second-order valence-corrected chi connectivity index (χ2v) is 6.41. The van der Waals surface area contributed by atoms with Gasteiger partial charge in [0.2, 0.25) is 5.91 Å². The number of aliphatic imine (C=N–C) groups is 1. The van der Waals surface area contributed by atoms with E-state index in [9.17, 15) is 18.0 Å². The van der Waals surface area contributed by atoms with Gasteiger partial charge >= 0.3 is 6.18 Å². The molecule has 1 fully saturated rings. The van der Waals surface area contributed by atoms with E-state index in [2.05, 4.69) is 25.4 Å². The van der Waals surface area contributed by atoms with Gasteiger partial charge in [0.1, 0.15) is 0 Å². The van der Waals surface area contributed by atoms with Gasteiger partial charge in [-0.2, -0.15) is 13.2 Å². The molecule has 27 heavy (non-hydrogen) atoms. The molecule has 158 valence electrons. The number of carbonyl (C=O) groups is 1. The van der Waals surface area contributed by atoms with E-state index in [1.165, 1.54) is 0 Å². The van der Waals surface area contributed by atoms with Gasteiger partial charge in [-0.3, -0.25) is 14.7 Å². The molecule has 1 aliphatic heterocycles. The Hall–Kier alpha value is -1.55. The fraction of sp³-hybridized carbons (Fsp3) is 0.882. The molecule has 0 radical (unpaired) electrons. The van der Waals surface area contributed by atoms with Crippen molar-refractivity contribution in [3.8, 4) is 0 Å². The van der Waals surface area contributed by atoms with Crippen molar-refractivity contribution >= 4 is 11.9 Å². The second kappa shape index (κ2) is 12.8. The Bertz CT molecular complexity index is 452. The van der Waals surface area contributed by atoms with E-state index in [4.69, 9.17) is 4.74 Å². The molecular formula is C17H32F3N5O2. The third-order valence-corrected chi connectivity index (χ3v) is 4.13. The largest absolute Gasteiger partial charge is 0.389 e. The van der Waals surface area contributed by atoms with Gasteiger partial charge < -0.3 is 20.3 Å². The van der Waals surface area contributed by atoms with Crippen LogP contribution in [0.5, 0.6) is 0 Å². The standard InChI is InChI=1S/C17H32F3N5O2/c1-3-21-16(23-7-5-4-6-17(18,19)20)25-11-9-24(10-12-25)14-15(26)22-8-13-27-2/h3-14H2,1-2H3,(H,21,23)(H,22,26). The van der Waals surface area contributed by atoms with Crippen LogP contribution >= 0.6 is 0 Å². The summed E-state index contributed by atoms with van der Waals surface area (Å²) in [5.41, 5.74) is 0. The lowest BCUT2D eigenvalue weighted by atomic mass is 10.2. The van der Waals surface area contributed by atoms with E-state index in [1.807, 2.05) is 6.92 Å². The number of nitrogens with zero attached hydrogens (tertiary/aromatic N) is 3. The molecule has 0 atom stereocenters. The van der Waals surface area contributed by atoms with E-state index in [1.54, 1.807) is 7.11 Å². The fourth-order valence-corrected chi connectivity index (χ4v) is 2.72. The van der Waals surface area contributed by atoms with E-state index < -0.39 is 12.6 Å². The van der Waals surface area contributed by atoms with Crippen molar-refractivity contribution in [3.63, 3.8) is 0 Å². The van der Waals surface area contributed by atoms with Crippen LogP contribution in [-0.2, 0) is 9.53 Å². The number of ether oxygens (including phenoxy) is 1. The maximum Gasteiger partial charge on any atom is 0.389 e. The van der Waals surface area contributed by atoms with E-state index in [-0.39, 0.29) is 12.3 Å². The first-order chi connectivity index (χ1) is 12.9. The molecule has 7 nitrogen and oxygen atoms in total. The van der Waals surface area contributed by atoms with Crippen LogP contribution in [0, 0.1) is 0 Å². The molecule has 1 saturated heterocycles. The summed E-state index contributed by atoms with van der Waals surface area (Å²) in [6.45, 7) is 7.28. The highest BCUT2D eigenvalue weighted by atomic mass is 19.4. The number of hydrogen-bond donors (Lipinski definition) is 2. The number of nitrogens with one attached hydrogen (secondary N) is 2. The molecule has 0 aromatic carbocycles. The second-order valence-electron chi connectivity index (χ2n) is 6.41. The summed E-state index contributed by atoms with van der Waals surface area (Å²) < 4.78 is 41.4. The van der Waals surface area contributed by atoms with Crippen molar-refractivity contribution in [2.75, 3.05) is 66.1 Å². The molecule has 1 amide bonds. The molecule has 0 spiro atoms. The minimum absolute atomic E-state index is 0.0225. The molecule has 0 unspecified atom stereocenters. The molecule has 0 aromatic heterocycles. The van der Waals surface area contributed by atoms with Crippen LogP contribution in [0.4, 0.5) is 13.2 Å². The Morgan fingerprint density at radius 2 is 1.85 bits per heavy atom. The van der Waals surface area contributed by atoms with Crippen molar-refractivity contribution in [1.29, 1.82) is 0 Å². The van der Waals surface area contributed by atoms with Crippen molar-refractivity contribution in [2.45, 2.75) is 32.4 Å². The molecule has 0 saturated carbocycles. The normalized spacial score (nSPS) is 16.5. The van der Waals surface area contributed by atoms with Gasteiger partial charge in [-0.25, -0.2) is 0 Å². The molecule has 1 aliphatic rings. The quantitative estimate of drug-likeness (QED) is 0.329. The number of halogens is 3. The number of piperazine rings is 1. The van der Waals surface area contributed by atoms with Crippen LogP contribution < -0.4 is 10.6 Å². The Morgan fingerprint density at radius 3 is 2.44 bits per heavy atom. The fourth-order valence-electron chi connectivity index (χ4n) is 2.72. The SMILES string of the molecule is CCNC(=NCCCCC(F)(F)F)N1CCN(CC(=O)NCCOC)CC1. The first-order valence-electron chi connectivity index (χ1n) is 9.43. The number of unbranched alkanes of at least 4 members (excludes halogenated alkanes) is 1. The molecule has 0 aliphatic carbocycles. The molecular weight excluding hydrogens is 363 g/mol. The van der Waals surface area contributed by atoms with Crippen LogP contribution in [0.1, 0.15) is 26.2 Å². The maximum absolute atomic E-state index is 12.2. The number of hydrogen-bond acceptors (Lipinski definition) is 4. The minimum Gasteiger partial charge on any atom is -0.383 e. The van der Waals surface area contributed by atoms with Crippen molar-refractivity contribution in [3.05, 3.63) is 0 Å². The third kappa shape index (κ3) is 11.0. The van der Waals surface area contributed by atoms with Gasteiger partial charge in [-0.1, -0.05) is 0 Å². The first kappa shape index (κ1) is 23.5. The molecule has 0 bridgehead atoms. The maximum atomic E-state index is 12.2. The predicted octanol–water partition coefficient (Wildman–Crippen LogP) is 1.06. The van der Waals surface area contributed by atoms with Crippen LogP contribution in [0.2, 0.25) is 0 Å². The van der Waals surface area contributed by atoms with Gasteiger partial charge in [-0.05, 0) is 19.8 Å². The molecule has 1 heterocycles. The van der Waals surface area contributed by atoms with Crippen LogP contribution in [0.3, 0.4) is 0 Å². The zero-order valence-corrected chi connectivity index (χ0v) is 16.3. The first-order valence-corrected chi connectivity index (χ1v) is 9.43. The summed E-state index contributed by atoms with van der Waals surface area (Å²) in [7, 11) is 1.59. The van der Waals surface area contributed by atoms with E-state index in [0.29, 0.717) is 39.2 Å². The summed E-state index contributed by atoms with van der Waals surface area (Å²) in [5, 5.41) is 5.99. The van der Waals surface area contributed by atoms with Gasteiger partial charge in [0.25, 0.3) is 0 Å². The summed E-state index contributed by atoms with van der Waals surface area (Å²) in [5.74, 6) is 0.708. The van der Waals surface area contributed by atoms with E-state index >= 15 is 0 Å². The average molecular weight is 395 g/mol. The van der Waals surface area contributed by atoms with Crippen LogP contribution in [0.15, 0.2) is 4.99 Å². The van der Waals surface area contributed by atoms with Gasteiger partial charge in [0.05, 0.1) is 13.2 Å². The van der Waals surface area contributed by atoms with Crippen molar-refractivity contribution in [2.24, 2.45) is 4.99 Å². The molecule has 2 N–H and O–H groups in total. The highest BCUT2D eigenvalue weighted by Crippen LogP contribution is 2.22. The van der Waals surface area contributed by atoms with Gasteiger partial charge in [-0.15, -0.1) is 0 Å². The monoisotopic (exact) mass is 395 g/mol. The number of carbonyl (C=O) groups excluding carboxylic acids is 1. The Morgan fingerprint density at radius 1 is 1.15 bits per heavy atom. The van der Waals surface area contributed by atoms with Crippen molar-refractivity contribution < 1.29 is 22.7 Å². The highest BCUT2D eigenvalue weighted by Gasteiger charge is 2.26. The summed E-state index contributed by atoms with van der Waals surface area (Å²) in [4.78, 5) is 20.4. The lowest BCUT2D eigenvalue weighted by Crippen LogP contribution is -2.54. The lowest BCUT2D eigenvalue weighted by Gasteiger charge is -2.36. The Balaban J connectivity index is 2.35.